The average molecular weight is 212 g/mol. The van der Waals surface area contributed by atoms with Crippen LogP contribution in [0.15, 0.2) is 0 Å². The molecule has 0 aromatic carbocycles. The first-order valence-corrected chi connectivity index (χ1v) is 4.94. The Balaban J connectivity index is 2.22. The van der Waals surface area contributed by atoms with E-state index in [1.165, 1.54) is 0 Å². The standard InChI is InChI=1S/C9H12N2O4/c12-7-6-4(8(13)14)2-1-3-5(6)10-9(15)11-7/h4-6H,1-3H2,(H,13,14)(H2,10,11,12,15). The van der Waals surface area contributed by atoms with Crippen LogP contribution in [0.2, 0.25) is 0 Å². The predicted molar refractivity (Wildman–Crippen MR) is 48.9 cm³/mol. The number of carbonyl (C=O) groups excluding carboxylic acids is 2. The van der Waals surface area contributed by atoms with Crippen LogP contribution in [0.1, 0.15) is 19.3 Å². The Morgan fingerprint density at radius 1 is 1.33 bits per heavy atom. The van der Waals surface area contributed by atoms with Crippen molar-refractivity contribution in [2.24, 2.45) is 11.8 Å². The zero-order valence-electron chi connectivity index (χ0n) is 8.03. The van der Waals surface area contributed by atoms with Crippen molar-refractivity contribution >= 4 is 17.9 Å². The van der Waals surface area contributed by atoms with Gasteiger partial charge in [0.05, 0.1) is 11.8 Å². The van der Waals surface area contributed by atoms with Gasteiger partial charge in [-0.15, -0.1) is 0 Å². The van der Waals surface area contributed by atoms with E-state index in [9.17, 15) is 14.4 Å². The summed E-state index contributed by atoms with van der Waals surface area (Å²) in [6.07, 6.45) is 1.90. The number of amides is 3. The highest BCUT2D eigenvalue weighted by Crippen LogP contribution is 2.32. The number of fused-ring (bicyclic) bond motifs is 1. The molecule has 1 aliphatic heterocycles. The summed E-state index contributed by atoms with van der Waals surface area (Å²) in [5.74, 6) is -2.72. The van der Waals surface area contributed by atoms with Gasteiger partial charge in [-0.05, 0) is 12.8 Å². The second-order valence-electron chi connectivity index (χ2n) is 3.97. The van der Waals surface area contributed by atoms with Crippen LogP contribution in [0.25, 0.3) is 0 Å². The molecule has 1 heterocycles. The maximum atomic E-state index is 11.5. The summed E-state index contributed by atoms with van der Waals surface area (Å²) in [5.41, 5.74) is 0. The van der Waals surface area contributed by atoms with Crippen LogP contribution in [0.5, 0.6) is 0 Å². The second-order valence-corrected chi connectivity index (χ2v) is 3.97. The molecule has 2 rings (SSSR count). The van der Waals surface area contributed by atoms with Crippen molar-refractivity contribution in [1.82, 2.24) is 10.6 Å². The van der Waals surface area contributed by atoms with Crippen molar-refractivity contribution in [1.29, 1.82) is 0 Å². The molecule has 3 unspecified atom stereocenters. The van der Waals surface area contributed by atoms with Gasteiger partial charge >= 0.3 is 12.0 Å². The molecule has 2 aliphatic rings. The van der Waals surface area contributed by atoms with E-state index in [0.29, 0.717) is 12.8 Å². The minimum atomic E-state index is -0.962. The zero-order chi connectivity index (χ0) is 11.0. The number of imide groups is 1. The van der Waals surface area contributed by atoms with Crippen LogP contribution in [0.3, 0.4) is 0 Å². The summed E-state index contributed by atoms with van der Waals surface area (Å²) >= 11 is 0. The first kappa shape index (κ1) is 9.95. The summed E-state index contributed by atoms with van der Waals surface area (Å²) in [4.78, 5) is 33.5. The van der Waals surface area contributed by atoms with Gasteiger partial charge in [-0.1, -0.05) is 6.42 Å². The molecule has 0 spiro atoms. The number of aliphatic carboxylic acids is 1. The van der Waals surface area contributed by atoms with E-state index in [0.717, 1.165) is 6.42 Å². The van der Waals surface area contributed by atoms with Gasteiger partial charge < -0.3 is 10.4 Å². The summed E-state index contributed by atoms with van der Waals surface area (Å²) in [6, 6.07) is -0.839. The van der Waals surface area contributed by atoms with E-state index in [1.807, 2.05) is 0 Å². The third-order valence-electron chi connectivity index (χ3n) is 3.07. The van der Waals surface area contributed by atoms with Gasteiger partial charge in [0.1, 0.15) is 0 Å². The molecular weight excluding hydrogens is 200 g/mol. The van der Waals surface area contributed by atoms with E-state index >= 15 is 0 Å². The second kappa shape index (κ2) is 3.52. The monoisotopic (exact) mass is 212 g/mol. The molecule has 3 atom stereocenters. The van der Waals surface area contributed by atoms with Crippen LogP contribution in [0.4, 0.5) is 4.79 Å². The molecule has 15 heavy (non-hydrogen) atoms. The fraction of sp³-hybridized carbons (Fsp3) is 0.667. The van der Waals surface area contributed by atoms with E-state index in [4.69, 9.17) is 5.11 Å². The number of nitrogens with one attached hydrogen (secondary N) is 2. The lowest BCUT2D eigenvalue weighted by atomic mass is 9.74. The Hall–Kier alpha value is -1.59. The van der Waals surface area contributed by atoms with E-state index in [-0.39, 0.29) is 6.04 Å². The molecule has 82 valence electrons. The van der Waals surface area contributed by atoms with Crippen LogP contribution in [-0.2, 0) is 9.59 Å². The van der Waals surface area contributed by atoms with Gasteiger partial charge in [0.2, 0.25) is 5.91 Å². The van der Waals surface area contributed by atoms with Crippen LogP contribution in [-0.4, -0.2) is 29.1 Å². The molecule has 0 aromatic heterocycles. The van der Waals surface area contributed by atoms with Gasteiger partial charge in [-0.2, -0.15) is 0 Å². The maximum absolute atomic E-state index is 11.5. The number of rotatable bonds is 1. The minimum Gasteiger partial charge on any atom is -0.481 e. The van der Waals surface area contributed by atoms with Crippen molar-refractivity contribution in [3.8, 4) is 0 Å². The quantitative estimate of drug-likeness (QED) is 0.555. The number of carboxylic acid groups (broad SMARTS) is 1. The lowest BCUT2D eigenvalue weighted by Gasteiger charge is -2.38. The van der Waals surface area contributed by atoms with Gasteiger partial charge in [-0.25, -0.2) is 4.79 Å². The number of hydrogen-bond acceptors (Lipinski definition) is 3. The largest absolute Gasteiger partial charge is 0.481 e. The normalized spacial score (nSPS) is 35.1. The lowest BCUT2D eigenvalue weighted by molar-refractivity contribution is -0.150. The van der Waals surface area contributed by atoms with Crippen molar-refractivity contribution in [2.45, 2.75) is 25.3 Å². The van der Waals surface area contributed by atoms with E-state index in [1.54, 1.807) is 0 Å². The van der Waals surface area contributed by atoms with Gasteiger partial charge in [0.25, 0.3) is 0 Å². The third-order valence-corrected chi connectivity index (χ3v) is 3.07. The first-order chi connectivity index (χ1) is 7.09. The molecule has 1 saturated heterocycles. The fourth-order valence-electron chi connectivity index (χ4n) is 2.40. The molecule has 0 aromatic rings. The maximum Gasteiger partial charge on any atom is 0.321 e. The molecule has 2 fully saturated rings. The Bertz CT molecular complexity index is 328. The predicted octanol–water partition coefficient (Wildman–Crippen LogP) is -0.305. The van der Waals surface area contributed by atoms with Crippen LogP contribution < -0.4 is 10.6 Å². The van der Waals surface area contributed by atoms with Gasteiger partial charge in [0.15, 0.2) is 0 Å². The molecule has 3 amide bonds. The molecule has 3 N–H and O–H groups in total. The molecular formula is C9H12N2O4. The van der Waals surface area contributed by atoms with Crippen molar-refractivity contribution in [2.75, 3.05) is 0 Å². The number of carbonyl (C=O) groups is 3. The fourth-order valence-corrected chi connectivity index (χ4v) is 2.40. The first-order valence-electron chi connectivity index (χ1n) is 4.94. The summed E-state index contributed by atoms with van der Waals surface area (Å²) < 4.78 is 0. The lowest BCUT2D eigenvalue weighted by Crippen LogP contribution is -2.62. The molecule has 1 saturated carbocycles. The highest BCUT2D eigenvalue weighted by Gasteiger charge is 2.45. The number of hydrogen-bond donors (Lipinski definition) is 3. The Kier molecular flexibility index (Phi) is 2.34. The molecule has 0 bridgehead atoms. The zero-order valence-corrected chi connectivity index (χ0v) is 8.03. The topological polar surface area (TPSA) is 95.5 Å². The Labute approximate surface area is 86.0 Å². The highest BCUT2D eigenvalue weighted by atomic mass is 16.4. The summed E-state index contributed by atoms with van der Waals surface area (Å²) in [5, 5.41) is 13.7. The third kappa shape index (κ3) is 1.67. The summed E-state index contributed by atoms with van der Waals surface area (Å²) in [7, 11) is 0. The number of carboxylic acids is 1. The molecule has 0 radical (unpaired) electrons. The Morgan fingerprint density at radius 3 is 2.73 bits per heavy atom. The van der Waals surface area contributed by atoms with Crippen molar-refractivity contribution in [3.63, 3.8) is 0 Å². The molecule has 6 heteroatoms. The van der Waals surface area contributed by atoms with E-state index in [2.05, 4.69) is 10.6 Å². The molecule has 1 aliphatic carbocycles. The van der Waals surface area contributed by atoms with Crippen molar-refractivity contribution < 1.29 is 19.5 Å². The van der Waals surface area contributed by atoms with Crippen molar-refractivity contribution in [3.05, 3.63) is 0 Å². The average Bonchev–Trinajstić information content (AvgIpc) is 2.16. The summed E-state index contributed by atoms with van der Waals surface area (Å²) in [6.45, 7) is 0. The highest BCUT2D eigenvalue weighted by molar-refractivity contribution is 6.00. The smallest absolute Gasteiger partial charge is 0.321 e. The van der Waals surface area contributed by atoms with E-state index < -0.39 is 29.7 Å². The Morgan fingerprint density at radius 2 is 2.07 bits per heavy atom. The van der Waals surface area contributed by atoms with Gasteiger partial charge in [-0.3, -0.25) is 14.9 Å². The van der Waals surface area contributed by atoms with Crippen LogP contribution >= 0.6 is 0 Å². The van der Waals surface area contributed by atoms with Crippen LogP contribution in [0, 0.1) is 11.8 Å². The minimum absolute atomic E-state index is 0.318. The SMILES string of the molecule is O=C1NC(=O)C2C(CCCC2C(=O)O)N1. The molecule has 6 nitrogen and oxygen atoms in total. The number of urea groups is 1. The van der Waals surface area contributed by atoms with Gasteiger partial charge in [0, 0.05) is 6.04 Å².